The molecule has 7 nitrogen and oxygen atoms in total. The van der Waals surface area contributed by atoms with Crippen LogP contribution in [0, 0.1) is 18.8 Å². The Bertz CT molecular complexity index is 783. The maximum Gasteiger partial charge on any atom is 0.328 e. The maximum absolute atomic E-state index is 12.8. The summed E-state index contributed by atoms with van der Waals surface area (Å²) in [5.74, 6) is -1.04. The van der Waals surface area contributed by atoms with E-state index in [2.05, 4.69) is 5.32 Å². The molecule has 0 radical (unpaired) electrons. The van der Waals surface area contributed by atoms with Gasteiger partial charge in [-0.1, -0.05) is 38.0 Å². The summed E-state index contributed by atoms with van der Waals surface area (Å²) >= 11 is 0. The fourth-order valence-corrected chi connectivity index (χ4v) is 4.75. The number of nitrogens with one attached hydrogen (secondary N) is 1. The van der Waals surface area contributed by atoms with E-state index < -0.39 is 22.0 Å². The summed E-state index contributed by atoms with van der Waals surface area (Å²) in [5, 5.41) is 2.80. The maximum atomic E-state index is 12.8. The van der Waals surface area contributed by atoms with E-state index in [4.69, 9.17) is 4.74 Å². The van der Waals surface area contributed by atoms with Crippen molar-refractivity contribution in [3.63, 3.8) is 0 Å². The average molecular weight is 411 g/mol. The van der Waals surface area contributed by atoms with Crippen LogP contribution in [0.1, 0.15) is 38.7 Å². The molecule has 1 aromatic rings. The molecule has 156 valence electrons. The summed E-state index contributed by atoms with van der Waals surface area (Å²) in [5.41, 5.74) is 0.996. The highest BCUT2D eigenvalue weighted by molar-refractivity contribution is 7.89. The first-order valence-electron chi connectivity index (χ1n) is 9.65. The summed E-state index contributed by atoms with van der Waals surface area (Å²) < 4.78 is 31.8. The molecule has 0 spiro atoms. The van der Waals surface area contributed by atoms with Gasteiger partial charge in [0.25, 0.3) is 0 Å². The number of carbonyl (C=O) groups is 2. The van der Waals surface area contributed by atoms with Gasteiger partial charge in [-0.3, -0.25) is 4.79 Å². The van der Waals surface area contributed by atoms with Crippen LogP contribution >= 0.6 is 0 Å². The van der Waals surface area contributed by atoms with Crippen molar-refractivity contribution >= 4 is 21.9 Å². The van der Waals surface area contributed by atoms with Crippen LogP contribution in [0.5, 0.6) is 0 Å². The van der Waals surface area contributed by atoms with Crippen LogP contribution in [0.4, 0.5) is 0 Å². The summed E-state index contributed by atoms with van der Waals surface area (Å²) in [6.07, 6.45) is 1.57. The molecule has 1 fully saturated rings. The van der Waals surface area contributed by atoms with Crippen molar-refractivity contribution in [2.45, 2.75) is 51.0 Å². The zero-order chi connectivity index (χ0) is 20.9. The van der Waals surface area contributed by atoms with E-state index in [1.54, 1.807) is 24.3 Å². The van der Waals surface area contributed by atoms with Gasteiger partial charge in [0, 0.05) is 19.0 Å². The van der Waals surface area contributed by atoms with Crippen LogP contribution in [0.3, 0.4) is 0 Å². The van der Waals surface area contributed by atoms with E-state index in [9.17, 15) is 18.0 Å². The average Bonchev–Trinajstić information content (AvgIpc) is 2.71. The SMILES string of the molecule is CC[C@@H](C)[C@@H](NC(=O)C1CCN(S(=O)(=O)c2ccc(C)cc2)CC1)C(=O)OC. The number of esters is 1. The highest BCUT2D eigenvalue weighted by Gasteiger charge is 2.34. The van der Waals surface area contributed by atoms with Gasteiger partial charge in [-0.25, -0.2) is 13.2 Å². The molecule has 0 aliphatic carbocycles. The van der Waals surface area contributed by atoms with Crippen LogP contribution in [0.2, 0.25) is 0 Å². The lowest BCUT2D eigenvalue weighted by molar-refractivity contribution is -0.147. The van der Waals surface area contributed by atoms with Crippen molar-refractivity contribution in [3.05, 3.63) is 29.8 Å². The summed E-state index contributed by atoms with van der Waals surface area (Å²) in [7, 11) is -2.25. The van der Waals surface area contributed by atoms with Gasteiger partial charge in [-0.15, -0.1) is 0 Å². The minimum absolute atomic E-state index is 0.0431. The van der Waals surface area contributed by atoms with E-state index in [-0.39, 0.29) is 35.7 Å². The number of sulfonamides is 1. The quantitative estimate of drug-likeness (QED) is 0.695. The fraction of sp³-hybridized carbons (Fsp3) is 0.600. The van der Waals surface area contributed by atoms with Crippen molar-refractivity contribution in [3.8, 4) is 0 Å². The first-order chi connectivity index (χ1) is 13.2. The molecule has 1 N–H and O–H groups in total. The number of amides is 1. The predicted octanol–water partition coefficient (Wildman–Crippen LogP) is 2.10. The molecule has 1 heterocycles. The first-order valence-corrected chi connectivity index (χ1v) is 11.1. The summed E-state index contributed by atoms with van der Waals surface area (Å²) in [4.78, 5) is 24.9. The number of ether oxygens (including phenoxy) is 1. The number of benzene rings is 1. The standard InChI is InChI=1S/C20H30N2O5S/c1-5-15(3)18(20(24)27-4)21-19(23)16-10-12-22(13-11-16)28(25,26)17-8-6-14(2)7-9-17/h6-9,15-16,18H,5,10-13H2,1-4H3,(H,21,23)/t15-,18-/m1/s1. The zero-order valence-electron chi connectivity index (χ0n) is 17.0. The Hall–Kier alpha value is -1.93. The monoisotopic (exact) mass is 410 g/mol. The predicted molar refractivity (Wildman–Crippen MR) is 106 cm³/mol. The molecular weight excluding hydrogens is 380 g/mol. The van der Waals surface area contributed by atoms with Gasteiger partial charge in [0.05, 0.1) is 12.0 Å². The lowest BCUT2D eigenvalue weighted by Crippen LogP contribution is -2.50. The van der Waals surface area contributed by atoms with E-state index in [1.165, 1.54) is 11.4 Å². The van der Waals surface area contributed by atoms with E-state index >= 15 is 0 Å². The van der Waals surface area contributed by atoms with Crippen LogP contribution in [0.25, 0.3) is 0 Å². The molecule has 28 heavy (non-hydrogen) atoms. The second kappa shape index (κ2) is 9.52. The van der Waals surface area contributed by atoms with Crippen molar-refractivity contribution in [1.82, 2.24) is 9.62 Å². The zero-order valence-corrected chi connectivity index (χ0v) is 17.8. The van der Waals surface area contributed by atoms with E-state index in [0.717, 1.165) is 12.0 Å². The van der Waals surface area contributed by atoms with Crippen LogP contribution < -0.4 is 5.32 Å². The third-order valence-corrected chi connectivity index (χ3v) is 7.36. The van der Waals surface area contributed by atoms with Gasteiger partial charge in [0.15, 0.2) is 0 Å². The Balaban J connectivity index is 1.99. The Kier molecular flexibility index (Phi) is 7.60. The third kappa shape index (κ3) is 5.11. The number of nitrogens with zero attached hydrogens (tertiary/aromatic N) is 1. The molecule has 0 bridgehead atoms. The van der Waals surface area contributed by atoms with Gasteiger partial charge < -0.3 is 10.1 Å². The highest BCUT2D eigenvalue weighted by Crippen LogP contribution is 2.24. The number of hydrogen-bond acceptors (Lipinski definition) is 5. The van der Waals surface area contributed by atoms with Crippen molar-refractivity contribution < 1.29 is 22.7 Å². The first kappa shape index (κ1) is 22.4. The molecule has 0 unspecified atom stereocenters. The minimum atomic E-state index is -3.56. The fourth-order valence-electron chi connectivity index (χ4n) is 3.28. The molecule has 2 rings (SSSR count). The van der Waals surface area contributed by atoms with Crippen LogP contribution in [0.15, 0.2) is 29.2 Å². The van der Waals surface area contributed by atoms with Gasteiger partial charge in [0.1, 0.15) is 6.04 Å². The molecule has 2 atom stereocenters. The molecule has 8 heteroatoms. The number of carbonyl (C=O) groups excluding carboxylic acids is 2. The Labute approximate surface area is 167 Å². The van der Waals surface area contributed by atoms with E-state index in [1.807, 2.05) is 20.8 Å². The smallest absolute Gasteiger partial charge is 0.328 e. The lowest BCUT2D eigenvalue weighted by atomic mass is 9.94. The van der Waals surface area contributed by atoms with Crippen molar-refractivity contribution in [2.24, 2.45) is 11.8 Å². The molecule has 1 aliphatic heterocycles. The number of aryl methyl sites for hydroxylation is 1. The Morgan fingerprint density at radius 1 is 1.21 bits per heavy atom. The lowest BCUT2D eigenvalue weighted by Gasteiger charge is -2.32. The number of hydrogen-bond donors (Lipinski definition) is 1. The normalized spacial score (nSPS) is 18.3. The topological polar surface area (TPSA) is 92.8 Å². The van der Waals surface area contributed by atoms with Gasteiger partial charge in [-0.05, 0) is 37.8 Å². The van der Waals surface area contributed by atoms with Crippen LogP contribution in [-0.4, -0.2) is 50.8 Å². The van der Waals surface area contributed by atoms with E-state index in [0.29, 0.717) is 12.8 Å². The number of rotatable bonds is 7. The molecule has 1 amide bonds. The summed E-state index contributed by atoms with van der Waals surface area (Å²) in [6.45, 7) is 6.29. The van der Waals surface area contributed by atoms with Gasteiger partial charge in [-0.2, -0.15) is 4.31 Å². The molecule has 1 aliphatic rings. The second-order valence-corrected chi connectivity index (χ2v) is 9.32. The molecule has 0 saturated carbocycles. The van der Waals surface area contributed by atoms with Crippen molar-refractivity contribution in [1.29, 1.82) is 0 Å². The number of methoxy groups -OCH3 is 1. The Morgan fingerprint density at radius 3 is 2.29 bits per heavy atom. The molecular formula is C20H30N2O5S. The Morgan fingerprint density at radius 2 is 1.79 bits per heavy atom. The second-order valence-electron chi connectivity index (χ2n) is 7.39. The summed E-state index contributed by atoms with van der Waals surface area (Å²) in [6, 6.07) is 6.08. The molecule has 1 saturated heterocycles. The largest absolute Gasteiger partial charge is 0.467 e. The number of piperidine rings is 1. The molecule has 0 aromatic heterocycles. The highest BCUT2D eigenvalue weighted by atomic mass is 32.2. The van der Waals surface area contributed by atoms with Gasteiger partial charge in [0.2, 0.25) is 15.9 Å². The van der Waals surface area contributed by atoms with Crippen molar-refractivity contribution in [2.75, 3.05) is 20.2 Å². The van der Waals surface area contributed by atoms with Crippen LogP contribution in [-0.2, 0) is 24.3 Å². The minimum Gasteiger partial charge on any atom is -0.467 e. The van der Waals surface area contributed by atoms with Gasteiger partial charge >= 0.3 is 5.97 Å². The third-order valence-electron chi connectivity index (χ3n) is 5.45. The molecule has 1 aromatic carbocycles.